The van der Waals surface area contributed by atoms with Crippen LogP contribution in [-0.4, -0.2) is 16.0 Å². The molecule has 0 spiro atoms. The van der Waals surface area contributed by atoms with E-state index in [9.17, 15) is 0 Å². The molecule has 2 aliphatic carbocycles. The Kier molecular flexibility index (Phi) is 4.94. The van der Waals surface area contributed by atoms with Gasteiger partial charge in [-0.1, -0.05) is 51.2 Å². The van der Waals surface area contributed by atoms with Crippen molar-refractivity contribution in [2.75, 3.05) is 5.32 Å². The van der Waals surface area contributed by atoms with Gasteiger partial charge in [0.05, 0.1) is 0 Å². The molecule has 0 aromatic carbocycles. The van der Waals surface area contributed by atoms with E-state index in [0.29, 0.717) is 12.0 Å². The van der Waals surface area contributed by atoms with Crippen LogP contribution < -0.4 is 5.32 Å². The summed E-state index contributed by atoms with van der Waals surface area (Å²) >= 11 is 5.38. The summed E-state index contributed by atoms with van der Waals surface area (Å²) in [6.07, 6.45) is 11.8. The summed E-state index contributed by atoms with van der Waals surface area (Å²) in [4.78, 5) is 8.12. The molecule has 2 fully saturated rings. The van der Waals surface area contributed by atoms with E-state index in [2.05, 4.69) is 22.2 Å². The highest BCUT2D eigenvalue weighted by Gasteiger charge is 2.22. The predicted octanol–water partition coefficient (Wildman–Crippen LogP) is 5.18. The zero-order valence-corrected chi connectivity index (χ0v) is 13.8. The summed E-state index contributed by atoms with van der Waals surface area (Å²) in [6.45, 7) is 2.36. The lowest BCUT2D eigenvalue weighted by atomic mass is 9.86. The van der Waals surface area contributed by atoms with Crippen molar-refractivity contribution < 1.29 is 0 Å². The minimum atomic E-state index is 0.575. The molecule has 2 unspecified atom stereocenters. The van der Waals surface area contributed by atoms with Crippen LogP contribution in [0.5, 0.6) is 0 Å². The van der Waals surface area contributed by atoms with Crippen LogP contribution in [0.4, 0.5) is 5.82 Å². The molecule has 0 amide bonds. The summed E-state index contributed by atoms with van der Waals surface area (Å²) in [6, 6.07) is 2.56. The van der Waals surface area contributed by atoms with Crippen LogP contribution in [0.15, 0.2) is 6.07 Å². The molecule has 21 heavy (non-hydrogen) atoms. The summed E-state index contributed by atoms with van der Waals surface area (Å²) < 4.78 is 0.722. The van der Waals surface area contributed by atoms with Crippen molar-refractivity contribution in [1.29, 1.82) is 0 Å². The Labute approximate surface area is 133 Å². The second kappa shape index (κ2) is 6.91. The van der Waals surface area contributed by atoms with E-state index in [1.807, 2.05) is 6.07 Å². The first-order valence-electron chi connectivity index (χ1n) is 8.60. The van der Waals surface area contributed by atoms with Gasteiger partial charge >= 0.3 is 0 Å². The average Bonchev–Trinajstić information content (AvgIpc) is 2.50. The molecular weight excluding hydrogens is 278 g/mol. The number of aromatic nitrogens is 2. The van der Waals surface area contributed by atoms with E-state index < -0.39 is 0 Å². The standard InChI is InChI=1S/C17H27N3S/c1-12-7-5-6-10-14(12)18-15-11-16(21)20-17(19-15)13-8-3-2-4-9-13/h11-14H,2-10H2,1H3,(H2,18,19,20,21). The van der Waals surface area contributed by atoms with Crippen LogP contribution in [0.1, 0.15) is 76.5 Å². The van der Waals surface area contributed by atoms with E-state index in [4.69, 9.17) is 12.2 Å². The number of anilines is 1. The smallest absolute Gasteiger partial charge is 0.131 e. The SMILES string of the molecule is CC1CCCCC1Nc1cc(=S)nc(C2CCCCC2)[nH]1. The third kappa shape index (κ3) is 3.85. The van der Waals surface area contributed by atoms with Gasteiger partial charge in [-0.05, 0) is 31.6 Å². The quantitative estimate of drug-likeness (QED) is 0.756. The van der Waals surface area contributed by atoms with Crippen molar-refractivity contribution in [1.82, 2.24) is 9.97 Å². The highest BCUT2D eigenvalue weighted by Crippen LogP contribution is 2.31. The van der Waals surface area contributed by atoms with Crippen molar-refractivity contribution in [2.24, 2.45) is 5.92 Å². The van der Waals surface area contributed by atoms with Crippen LogP contribution in [0.2, 0.25) is 0 Å². The largest absolute Gasteiger partial charge is 0.369 e. The van der Waals surface area contributed by atoms with Crippen molar-refractivity contribution in [2.45, 2.75) is 76.7 Å². The Morgan fingerprint density at radius 1 is 1.10 bits per heavy atom. The first-order chi connectivity index (χ1) is 10.2. The van der Waals surface area contributed by atoms with Crippen LogP contribution in [0.25, 0.3) is 0 Å². The third-order valence-corrected chi connectivity index (χ3v) is 5.41. The fourth-order valence-electron chi connectivity index (χ4n) is 3.85. The first-order valence-corrected chi connectivity index (χ1v) is 9.01. The normalized spacial score (nSPS) is 27.5. The Morgan fingerprint density at radius 2 is 1.81 bits per heavy atom. The monoisotopic (exact) mass is 305 g/mol. The molecule has 2 aliphatic rings. The Morgan fingerprint density at radius 3 is 2.57 bits per heavy atom. The Bertz CT molecular complexity index is 519. The number of aromatic amines is 1. The van der Waals surface area contributed by atoms with E-state index in [1.165, 1.54) is 57.8 Å². The average molecular weight is 305 g/mol. The molecule has 3 rings (SSSR count). The van der Waals surface area contributed by atoms with Gasteiger partial charge in [0.2, 0.25) is 0 Å². The summed E-state index contributed by atoms with van der Waals surface area (Å²) in [5.74, 6) is 3.50. The van der Waals surface area contributed by atoms with Gasteiger partial charge in [-0.3, -0.25) is 0 Å². The fourth-order valence-corrected chi connectivity index (χ4v) is 4.07. The van der Waals surface area contributed by atoms with Gasteiger partial charge in [-0.2, -0.15) is 0 Å². The highest BCUT2D eigenvalue weighted by atomic mass is 32.1. The minimum absolute atomic E-state index is 0.575. The zero-order chi connectivity index (χ0) is 14.7. The van der Waals surface area contributed by atoms with Gasteiger partial charge in [0, 0.05) is 18.0 Å². The van der Waals surface area contributed by atoms with E-state index >= 15 is 0 Å². The van der Waals surface area contributed by atoms with E-state index in [-0.39, 0.29) is 0 Å². The van der Waals surface area contributed by atoms with Crippen molar-refractivity contribution in [3.05, 3.63) is 16.5 Å². The van der Waals surface area contributed by atoms with Crippen molar-refractivity contribution in [3.63, 3.8) is 0 Å². The number of H-pyrrole nitrogens is 1. The summed E-state index contributed by atoms with van der Waals surface area (Å²) in [5.41, 5.74) is 0. The Balaban J connectivity index is 1.75. The molecule has 1 heterocycles. The summed E-state index contributed by atoms with van der Waals surface area (Å²) in [5, 5.41) is 3.69. The molecule has 3 nitrogen and oxygen atoms in total. The fraction of sp³-hybridized carbons (Fsp3) is 0.765. The second-order valence-corrected chi connectivity index (χ2v) is 7.28. The summed E-state index contributed by atoms with van der Waals surface area (Å²) in [7, 11) is 0. The Hall–Kier alpha value is -0.900. The molecule has 0 bridgehead atoms. The molecule has 0 radical (unpaired) electrons. The van der Waals surface area contributed by atoms with Crippen LogP contribution >= 0.6 is 12.2 Å². The molecule has 2 N–H and O–H groups in total. The van der Waals surface area contributed by atoms with E-state index in [1.54, 1.807) is 0 Å². The molecule has 4 heteroatoms. The van der Waals surface area contributed by atoms with Gasteiger partial charge in [-0.15, -0.1) is 0 Å². The lowest BCUT2D eigenvalue weighted by molar-refractivity contribution is 0.348. The maximum atomic E-state index is 5.38. The number of hydrogen-bond acceptors (Lipinski definition) is 3. The molecule has 0 saturated heterocycles. The lowest BCUT2D eigenvalue weighted by Gasteiger charge is -2.30. The van der Waals surface area contributed by atoms with Gasteiger partial charge in [0.25, 0.3) is 0 Å². The van der Waals surface area contributed by atoms with Crippen LogP contribution in [0.3, 0.4) is 0 Å². The first kappa shape index (κ1) is 15.0. The molecule has 116 valence electrons. The van der Waals surface area contributed by atoms with Gasteiger partial charge < -0.3 is 10.3 Å². The minimum Gasteiger partial charge on any atom is -0.369 e. The van der Waals surface area contributed by atoms with Gasteiger partial charge in [0.1, 0.15) is 16.3 Å². The molecular formula is C17H27N3S. The number of hydrogen-bond donors (Lipinski definition) is 2. The second-order valence-electron chi connectivity index (χ2n) is 6.87. The van der Waals surface area contributed by atoms with Crippen LogP contribution in [0, 0.1) is 10.6 Å². The number of nitrogens with zero attached hydrogens (tertiary/aromatic N) is 1. The third-order valence-electron chi connectivity index (χ3n) is 5.21. The van der Waals surface area contributed by atoms with Crippen molar-refractivity contribution >= 4 is 18.0 Å². The maximum absolute atomic E-state index is 5.38. The van der Waals surface area contributed by atoms with Gasteiger partial charge in [-0.25, -0.2) is 4.98 Å². The molecule has 1 aromatic heterocycles. The van der Waals surface area contributed by atoms with Crippen LogP contribution in [-0.2, 0) is 0 Å². The van der Waals surface area contributed by atoms with Gasteiger partial charge in [0.15, 0.2) is 0 Å². The number of nitrogens with one attached hydrogen (secondary N) is 2. The van der Waals surface area contributed by atoms with Crippen molar-refractivity contribution in [3.8, 4) is 0 Å². The predicted molar refractivity (Wildman–Crippen MR) is 90.3 cm³/mol. The molecule has 2 atom stereocenters. The topological polar surface area (TPSA) is 40.7 Å². The maximum Gasteiger partial charge on any atom is 0.131 e. The highest BCUT2D eigenvalue weighted by molar-refractivity contribution is 7.71. The lowest BCUT2D eigenvalue weighted by Crippen LogP contribution is -2.30. The van der Waals surface area contributed by atoms with E-state index in [0.717, 1.165) is 22.2 Å². The zero-order valence-electron chi connectivity index (χ0n) is 13.0. The number of rotatable bonds is 3. The molecule has 1 aromatic rings. The molecule has 2 saturated carbocycles. The molecule has 0 aliphatic heterocycles.